The Balaban J connectivity index is 1.50. The summed E-state index contributed by atoms with van der Waals surface area (Å²) in [6.45, 7) is 3.84. The largest absolute Gasteiger partial charge is 0.508 e. The minimum atomic E-state index is -0.597. The third-order valence-electron chi connectivity index (χ3n) is 5.99. The number of carbonyl (C=O) groups is 2. The standard InChI is InChI=1S/C28H25N5O4/c1-3-37-27(36)20-9-13-21(14-10-20)30-26(35)23-17(2)29-28-31-25(19-7-5-4-6-8-19)32-33(28)24(23)18-11-15-22(34)16-12-18/h4-16,24,34H,3H2,1-2H3,(H,30,35)(H,29,31,32)/t24-/m1/s1. The molecule has 0 unspecified atom stereocenters. The number of ether oxygens (including phenoxy) is 1. The van der Waals surface area contributed by atoms with Crippen molar-refractivity contribution in [3.8, 4) is 17.1 Å². The molecule has 9 heteroatoms. The van der Waals surface area contributed by atoms with E-state index < -0.39 is 12.0 Å². The first-order valence-electron chi connectivity index (χ1n) is 11.8. The van der Waals surface area contributed by atoms with Gasteiger partial charge in [-0.2, -0.15) is 4.98 Å². The number of hydrogen-bond acceptors (Lipinski definition) is 7. The molecule has 1 aliphatic rings. The topological polar surface area (TPSA) is 118 Å². The smallest absolute Gasteiger partial charge is 0.338 e. The number of hydrogen-bond donors (Lipinski definition) is 3. The highest BCUT2D eigenvalue weighted by Gasteiger charge is 2.34. The number of rotatable bonds is 6. The van der Waals surface area contributed by atoms with E-state index >= 15 is 0 Å². The van der Waals surface area contributed by atoms with Crippen LogP contribution in [0.3, 0.4) is 0 Å². The minimum Gasteiger partial charge on any atom is -0.508 e. The molecule has 3 N–H and O–H groups in total. The number of anilines is 2. The van der Waals surface area contributed by atoms with Gasteiger partial charge in [-0.25, -0.2) is 9.48 Å². The number of amides is 1. The molecule has 1 atom stereocenters. The van der Waals surface area contributed by atoms with Crippen LogP contribution in [0.25, 0.3) is 11.4 Å². The van der Waals surface area contributed by atoms with Crippen LogP contribution >= 0.6 is 0 Å². The van der Waals surface area contributed by atoms with E-state index in [1.807, 2.05) is 37.3 Å². The normalized spacial score (nSPS) is 14.5. The average molecular weight is 496 g/mol. The predicted octanol–water partition coefficient (Wildman–Crippen LogP) is 4.76. The molecule has 0 saturated heterocycles. The molecule has 0 fully saturated rings. The highest BCUT2D eigenvalue weighted by Crippen LogP contribution is 2.37. The van der Waals surface area contributed by atoms with Gasteiger partial charge in [0.25, 0.3) is 5.91 Å². The number of aromatic hydroxyl groups is 1. The molecule has 0 bridgehead atoms. The monoisotopic (exact) mass is 495 g/mol. The van der Waals surface area contributed by atoms with E-state index in [9.17, 15) is 14.7 Å². The number of benzene rings is 3. The van der Waals surface area contributed by atoms with Crippen molar-refractivity contribution in [3.05, 3.63) is 101 Å². The first-order chi connectivity index (χ1) is 17.9. The van der Waals surface area contributed by atoms with Crippen molar-refractivity contribution in [2.45, 2.75) is 19.9 Å². The Morgan fingerprint density at radius 1 is 1.03 bits per heavy atom. The number of aromatic nitrogens is 3. The lowest BCUT2D eigenvalue weighted by atomic mass is 9.95. The molecular formula is C28H25N5O4. The van der Waals surface area contributed by atoms with Crippen LogP contribution in [-0.4, -0.2) is 38.4 Å². The van der Waals surface area contributed by atoms with E-state index in [0.717, 1.165) is 11.1 Å². The van der Waals surface area contributed by atoms with Gasteiger partial charge in [-0.3, -0.25) is 4.79 Å². The highest BCUT2D eigenvalue weighted by molar-refractivity contribution is 6.06. The zero-order valence-electron chi connectivity index (χ0n) is 20.3. The fourth-order valence-corrected chi connectivity index (χ4v) is 4.22. The van der Waals surface area contributed by atoms with Crippen LogP contribution in [0.15, 0.2) is 90.1 Å². The summed E-state index contributed by atoms with van der Waals surface area (Å²) in [5.74, 6) is 0.389. The van der Waals surface area contributed by atoms with Crippen molar-refractivity contribution in [2.24, 2.45) is 0 Å². The molecular weight excluding hydrogens is 470 g/mol. The Morgan fingerprint density at radius 3 is 2.41 bits per heavy atom. The first-order valence-corrected chi connectivity index (χ1v) is 11.8. The second-order valence-electron chi connectivity index (χ2n) is 8.48. The molecule has 2 heterocycles. The Hall–Kier alpha value is -4.92. The van der Waals surface area contributed by atoms with Crippen LogP contribution in [0.4, 0.5) is 11.6 Å². The second-order valence-corrected chi connectivity index (χ2v) is 8.48. The summed E-state index contributed by atoms with van der Waals surface area (Å²) in [5.41, 5.74) is 3.60. The van der Waals surface area contributed by atoms with Gasteiger partial charge in [0.15, 0.2) is 5.82 Å². The molecule has 0 spiro atoms. The van der Waals surface area contributed by atoms with E-state index in [2.05, 4.69) is 15.6 Å². The van der Waals surface area contributed by atoms with Crippen LogP contribution in [0.1, 0.15) is 35.8 Å². The lowest BCUT2D eigenvalue weighted by molar-refractivity contribution is -0.113. The van der Waals surface area contributed by atoms with Crippen molar-refractivity contribution in [2.75, 3.05) is 17.2 Å². The molecule has 1 aliphatic heterocycles. The van der Waals surface area contributed by atoms with Gasteiger partial charge in [-0.1, -0.05) is 42.5 Å². The molecule has 1 amide bonds. The fraction of sp³-hybridized carbons (Fsp3) is 0.143. The summed E-state index contributed by atoms with van der Waals surface area (Å²) in [4.78, 5) is 30.2. The first kappa shape index (κ1) is 23.8. The van der Waals surface area contributed by atoms with Crippen LogP contribution < -0.4 is 10.6 Å². The third-order valence-corrected chi connectivity index (χ3v) is 5.99. The zero-order valence-corrected chi connectivity index (χ0v) is 20.3. The van der Waals surface area contributed by atoms with Gasteiger partial charge in [0.1, 0.15) is 11.8 Å². The van der Waals surface area contributed by atoms with Gasteiger partial charge in [-0.15, -0.1) is 5.10 Å². The summed E-state index contributed by atoms with van der Waals surface area (Å²) in [6, 6.07) is 22.2. The van der Waals surface area contributed by atoms with Gasteiger partial charge >= 0.3 is 5.97 Å². The number of nitrogens with one attached hydrogen (secondary N) is 2. The number of allylic oxidation sites excluding steroid dienone is 1. The number of nitrogens with zero attached hydrogens (tertiary/aromatic N) is 3. The fourth-order valence-electron chi connectivity index (χ4n) is 4.22. The van der Waals surface area contributed by atoms with Crippen molar-refractivity contribution >= 4 is 23.5 Å². The lowest BCUT2D eigenvalue weighted by Crippen LogP contribution is -2.31. The van der Waals surface area contributed by atoms with Crippen LogP contribution in [-0.2, 0) is 9.53 Å². The number of fused-ring (bicyclic) bond motifs is 1. The van der Waals surface area contributed by atoms with Crippen LogP contribution in [0, 0.1) is 0 Å². The van der Waals surface area contributed by atoms with Crippen LogP contribution in [0.2, 0.25) is 0 Å². The Kier molecular flexibility index (Phi) is 6.42. The Bertz CT molecular complexity index is 1480. The number of phenolic OH excluding ortho intramolecular Hbond substituents is 1. The molecule has 186 valence electrons. The molecule has 37 heavy (non-hydrogen) atoms. The molecule has 0 aliphatic carbocycles. The average Bonchev–Trinajstić information content (AvgIpc) is 3.33. The molecule has 1 aromatic heterocycles. The predicted molar refractivity (Wildman–Crippen MR) is 139 cm³/mol. The summed E-state index contributed by atoms with van der Waals surface area (Å²) >= 11 is 0. The van der Waals surface area contributed by atoms with Gasteiger partial charge in [0, 0.05) is 16.9 Å². The van der Waals surface area contributed by atoms with E-state index in [1.54, 1.807) is 60.1 Å². The van der Waals surface area contributed by atoms with Gasteiger partial charge < -0.3 is 20.5 Å². The van der Waals surface area contributed by atoms with Gasteiger partial charge in [0.2, 0.25) is 5.95 Å². The Labute approximate surface area is 213 Å². The molecule has 5 rings (SSSR count). The number of esters is 1. The maximum Gasteiger partial charge on any atom is 0.338 e. The summed E-state index contributed by atoms with van der Waals surface area (Å²) < 4.78 is 6.70. The molecule has 0 radical (unpaired) electrons. The SMILES string of the molecule is CCOC(=O)c1ccc(NC(=O)C2=C(C)Nc3nc(-c4ccccc4)nn3[C@@H]2c2ccc(O)cc2)cc1. The number of phenols is 1. The maximum absolute atomic E-state index is 13.6. The maximum atomic E-state index is 13.6. The second kappa shape index (κ2) is 9.98. The van der Waals surface area contributed by atoms with E-state index in [1.165, 1.54) is 0 Å². The number of carbonyl (C=O) groups excluding carboxylic acids is 2. The Morgan fingerprint density at radius 2 is 1.73 bits per heavy atom. The van der Waals surface area contributed by atoms with Gasteiger partial charge in [-0.05, 0) is 55.8 Å². The summed E-state index contributed by atoms with van der Waals surface area (Å²) in [6.07, 6.45) is 0. The van der Waals surface area contributed by atoms with Crippen molar-refractivity contribution in [1.82, 2.24) is 14.8 Å². The molecule has 4 aromatic rings. The highest BCUT2D eigenvalue weighted by atomic mass is 16.5. The minimum absolute atomic E-state index is 0.120. The summed E-state index contributed by atoms with van der Waals surface area (Å²) in [7, 11) is 0. The van der Waals surface area contributed by atoms with Gasteiger partial charge in [0.05, 0.1) is 17.7 Å². The van der Waals surface area contributed by atoms with E-state index in [0.29, 0.717) is 34.3 Å². The molecule has 0 saturated carbocycles. The third kappa shape index (κ3) is 4.79. The van der Waals surface area contributed by atoms with E-state index in [-0.39, 0.29) is 18.3 Å². The molecule has 3 aromatic carbocycles. The zero-order chi connectivity index (χ0) is 25.9. The van der Waals surface area contributed by atoms with E-state index in [4.69, 9.17) is 9.84 Å². The quantitative estimate of drug-likeness (QED) is 0.330. The van der Waals surface area contributed by atoms with Crippen molar-refractivity contribution < 1.29 is 19.4 Å². The van der Waals surface area contributed by atoms with Crippen molar-refractivity contribution in [1.29, 1.82) is 0 Å². The summed E-state index contributed by atoms with van der Waals surface area (Å²) in [5, 5.41) is 20.7. The van der Waals surface area contributed by atoms with Crippen LogP contribution in [0.5, 0.6) is 5.75 Å². The van der Waals surface area contributed by atoms with Crippen molar-refractivity contribution in [3.63, 3.8) is 0 Å². The molecule has 9 nitrogen and oxygen atoms in total. The lowest BCUT2D eigenvalue weighted by Gasteiger charge is -2.28.